The molecule has 1 aliphatic rings. The van der Waals surface area contributed by atoms with Gasteiger partial charge in [0, 0.05) is 11.1 Å². The van der Waals surface area contributed by atoms with Gasteiger partial charge in [0.2, 0.25) is 0 Å². The largest absolute Gasteiger partial charge is 0.328 e. The minimum absolute atomic E-state index is 0.211. The lowest BCUT2D eigenvalue weighted by Crippen LogP contribution is -2.29. The first-order chi connectivity index (χ1) is 6.35. The summed E-state index contributed by atoms with van der Waals surface area (Å²) in [5, 5.41) is 0. The molecule has 0 spiro atoms. The molecule has 14 heavy (non-hydrogen) atoms. The Labute approximate surface area is 87.9 Å². The van der Waals surface area contributed by atoms with E-state index in [4.69, 9.17) is 5.84 Å². The highest BCUT2D eigenvalue weighted by Gasteiger charge is 2.43. The van der Waals surface area contributed by atoms with Crippen molar-refractivity contribution < 1.29 is 0 Å². The van der Waals surface area contributed by atoms with Gasteiger partial charge < -0.3 is 5.43 Å². The van der Waals surface area contributed by atoms with Crippen molar-refractivity contribution in [3.8, 4) is 0 Å². The van der Waals surface area contributed by atoms with Gasteiger partial charge in [0.25, 0.3) is 0 Å². The van der Waals surface area contributed by atoms with Crippen LogP contribution in [0.15, 0.2) is 11.3 Å². The molecule has 0 fully saturated rings. The minimum Gasteiger partial charge on any atom is -0.328 e. The number of hydrogen-bond donors (Lipinski definition) is 2. The molecular weight excluding hydrogens is 172 g/mol. The van der Waals surface area contributed by atoms with Gasteiger partial charge in [-0.1, -0.05) is 41.0 Å². The molecule has 0 bridgehead atoms. The quantitative estimate of drug-likeness (QED) is 0.538. The van der Waals surface area contributed by atoms with Crippen LogP contribution >= 0.6 is 0 Å². The maximum atomic E-state index is 5.64. The molecule has 3 N–H and O–H groups in total. The standard InChI is InChI=1S/C12H24N2/c1-6-7-9-10(14-13)12(4,5)8-11(9,2)3/h14H,6-8,13H2,1-5H3. The average Bonchev–Trinajstić information content (AvgIpc) is 2.17. The fraction of sp³-hybridized carbons (Fsp3) is 0.833. The predicted octanol–water partition coefficient (Wildman–Crippen LogP) is 2.96. The van der Waals surface area contributed by atoms with Crippen molar-refractivity contribution in [3.05, 3.63) is 11.3 Å². The van der Waals surface area contributed by atoms with Crippen LogP contribution in [0.3, 0.4) is 0 Å². The van der Waals surface area contributed by atoms with Gasteiger partial charge in [-0.05, 0) is 23.8 Å². The first kappa shape index (κ1) is 11.6. The predicted molar refractivity (Wildman–Crippen MR) is 61.4 cm³/mol. The molecule has 0 saturated carbocycles. The lowest BCUT2D eigenvalue weighted by atomic mass is 9.79. The van der Waals surface area contributed by atoms with Crippen molar-refractivity contribution >= 4 is 0 Å². The van der Waals surface area contributed by atoms with E-state index in [9.17, 15) is 0 Å². The third-order valence-corrected chi connectivity index (χ3v) is 3.32. The lowest BCUT2D eigenvalue weighted by Gasteiger charge is -2.25. The number of allylic oxidation sites excluding steroid dienone is 2. The van der Waals surface area contributed by atoms with Crippen LogP contribution in [-0.4, -0.2) is 0 Å². The van der Waals surface area contributed by atoms with E-state index < -0.39 is 0 Å². The topological polar surface area (TPSA) is 38.0 Å². The van der Waals surface area contributed by atoms with Crippen LogP contribution in [0.1, 0.15) is 53.9 Å². The van der Waals surface area contributed by atoms with Gasteiger partial charge in [0.1, 0.15) is 0 Å². The SMILES string of the molecule is CCCC1=C(NN)C(C)(C)CC1(C)C. The van der Waals surface area contributed by atoms with Crippen LogP contribution in [0.5, 0.6) is 0 Å². The second-order valence-electron chi connectivity index (χ2n) is 5.69. The van der Waals surface area contributed by atoms with E-state index >= 15 is 0 Å². The van der Waals surface area contributed by atoms with E-state index in [0.29, 0.717) is 5.41 Å². The van der Waals surface area contributed by atoms with Crippen LogP contribution in [0, 0.1) is 10.8 Å². The summed E-state index contributed by atoms with van der Waals surface area (Å²) in [5.74, 6) is 5.64. The van der Waals surface area contributed by atoms with Crippen molar-refractivity contribution in [2.24, 2.45) is 16.7 Å². The molecule has 0 aliphatic heterocycles. The number of nitrogens with two attached hydrogens (primary N) is 1. The highest BCUT2D eigenvalue weighted by atomic mass is 15.2. The van der Waals surface area contributed by atoms with Crippen LogP contribution < -0.4 is 11.3 Å². The van der Waals surface area contributed by atoms with E-state index in [2.05, 4.69) is 40.0 Å². The summed E-state index contributed by atoms with van der Waals surface area (Å²) in [5.41, 5.74) is 6.23. The van der Waals surface area contributed by atoms with Crippen LogP contribution in [0.25, 0.3) is 0 Å². The van der Waals surface area contributed by atoms with Crippen molar-refractivity contribution in [3.63, 3.8) is 0 Å². The molecule has 82 valence electrons. The molecule has 2 nitrogen and oxygen atoms in total. The Hall–Kier alpha value is -0.500. The summed E-state index contributed by atoms with van der Waals surface area (Å²) >= 11 is 0. The van der Waals surface area contributed by atoms with Gasteiger partial charge in [-0.15, -0.1) is 0 Å². The molecule has 1 aliphatic carbocycles. The molecule has 0 unspecified atom stereocenters. The molecule has 0 saturated heterocycles. The van der Waals surface area contributed by atoms with Crippen LogP contribution in [-0.2, 0) is 0 Å². The fourth-order valence-corrected chi connectivity index (χ4v) is 3.04. The Bertz CT molecular complexity index is 249. The van der Waals surface area contributed by atoms with E-state index in [0.717, 1.165) is 6.42 Å². The first-order valence-corrected chi connectivity index (χ1v) is 5.56. The monoisotopic (exact) mass is 196 g/mol. The first-order valence-electron chi connectivity index (χ1n) is 5.56. The Balaban J connectivity index is 3.10. The van der Waals surface area contributed by atoms with Crippen molar-refractivity contribution in [2.75, 3.05) is 0 Å². The zero-order valence-corrected chi connectivity index (χ0v) is 10.2. The molecule has 0 amide bonds. The Morgan fingerprint density at radius 2 is 1.79 bits per heavy atom. The summed E-state index contributed by atoms with van der Waals surface area (Å²) in [6, 6.07) is 0. The summed E-state index contributed by atoms with van der Waals surface area (Å²) in [6.07, 6.45) is 3.55. The zero-order chi connectivity index (χ0) is 11.0. The van der Waals surface area contributed by atoms with Gasteiger partial charge in [0.15, 0.2) is 0 Å². The molecular formula is C12H24N2. The van der Waals surface area contributed by atoms with Gasteiger partial charge in [0.05, 0.1) is 0 Å². The highest BCUT2D eigenvalue weighted by molar-refractivity contribution is 5.31. The normalized spacial score (nSPS) is 24.1. The molecule has 0 aromatic rings. The number of hydrogen-bond acceptors (Lipinski definition) is 2. The highest BCUT2D eigenvalue weighted by Crippen LogP contribution is 2.52. The zero-order valence-electron chi connectivity index (χ0n) is 10.2. The average molecular weight is 196 g/mol. The van der Waals surface area contributed by atoms with Crippen molar-refractivity contribution in [1.29, 1.82) is 0 Å². The number of nitrogens with one attached hydrogen (secondary N) is 1. The fourth-order valence-electron chi connectivity index (χ4n) is 3.04. The third kappa shape index (κ3) is 1.81. The Kier molecular flexibility index (Phi) is 2.96. The molecule has 0 atom stereocenters. The minimum atomic E-state index is 0.211. The van der Waals surface area contributed by atoms with Crippen molar-refractivity contribution in [1.82, 2.24) is 5.43 Å². The van der Waals surface area contributed by atoms with Gasteiger partial charge >= 0.3 is 0 Å². The summed E-state index contributed by atoms with van der Waals surface area (Å²) in [6.45, 7) is 11.4. The Morgan fingerprint density at radius 1 is 1.21 bits per heavy atom. The van der Waals surface area contributed by atoms with Gasteiger partial charge in [-0.25, -0.2) is 0 Å². The van der Waals surface area contributed by atoms with Gasteiger partial charge in [-0.3, -0.25) is 5.84 Å². The maximum absolute atomic E-state index is 5.64. The van der Waals surface area contributed by atoms with Gasteiger partial charge in [-0.2, -0.15) is 0 Å². The smallest absolute Gasteiger partial charge is 0.0313 e. The van der Waals surface area contributed by atoms with Crippen LogP contribution in [0.4, 0.5) is 0 Å². The molecule has 0 aromatic heterocycles. The Morgan fingerprint density at radius 3 is 2.21 bits per heavy atom. The lowest BCUT2D eigenvalue weighted by molar-refractivity contribution is 0.306. The summed E-state index contributed by atoms with van der Waals surface area (Å²) < 4.78 is 0. The van der Waals surface area contributed by atoms with E-state index in [1.807, 2.05) is 0 Å². The maximum Gasteiger partial charge on any atom is 0.0313 e. The van der Waals surface area contributed by atoms with Crippen LogP contribution in [0.2, 0.25) is 0 Å². The van der Waals surface area contributed by atoms with E-state index in [-0.39, 0.29) is 5.41 Å². The number of hydrazine groups is 1. The summed E-state index contributed by atoms with van der Waals surface area (Å²) in [4.78, 5) is 0. The van der Waals surface area contributed by atoms with E-state index in [1.54, 1.807) is 0 Å². The molecule has 0 heterocycles. The summed E-state index contributed by atoms with van der Waals surface area (Å²) in [7, 11) is 0. The third-order valence-electron chi connectivity index (χ3n) is 3.32. The second-order valence-corrected chi connectivity index (χ2v) is 5.69. The molecule has 0 radical (unpaired) electrons. The molecule has 0 aromatic carbocycles. The van der Waals surface area contributed by atoms with E-state index in [1.165, 1.54) is 24.1 Å². The molecule has 1 rings (SSSR count). The number of rotatable bonds is 3. The molecule has 2 heteroatoms. The van der Waals surface area contributed by atoms with Crippen molar-refractivity contribution in [2.45, 2.75) is 53.9 Å². The second kappa shape index (κ2) is 3.58.